The molecule has 2 aromatic rings. The maximum Gasteiger partial charge on any atom is 0.340 e. The van der Waals surface area contributed by atoms with E-state index in [1.165, 1.54) is 12.1 Å². The molecule has 1 aliphatic rings. The predicted molar refractivity (Wildman–Crippen MR) is 102 cm³/mol. The first-order valence-electron chi connectivity index (χ1n) is 8.42. The average molecular weight is 423 g/mol. The van der Waals surface area contributed by atoms with Crippen molar-refractivity contribution in [2.45, 2.75) is 20.8 Å². The number of hydrogen-bond donors (Lipinski definition) is 1. The van der Waals surface area contributed by atoms with Gasteiger partial charge in [0.15, 0.2) is 5.78 Å². The third kappa shape index (κ3) is 3.21. The first kappa shape index (κ1) is 20.1. The van der Waals surface area contributed by atoms with Crippen LogP contribution in [0.1, 0.15) is 59.7 Å². The number of nitrogens with one attached hydrogen (secondary N) is 1. The van der Waals surface area contributed by atoms with E-state index < -0.39 is 30.1 Å². The van der Waals surface area contributed by atoms with Gasteiger partial charge in [0.2, 0.25) is 0 Å². The van der Waals surface area contributed by atoms with Gasteiger partial charge in [-0.25, -0.2) is 4.79 Å². The van der Waals surface area contributed by atoms with Gasteiger partial charge in [0.05, 0.1) is 45.6 Å². The number of aromatic amines is 1. The molecule has 2 heterocycles. The van der Waals surface area contributed by atoms with E-state index in [1.807, 2.05) is 0 Å². The molecule has 1 aromatic heterocycles. The van der Waals surface area contributed by atoms with Crippen LogP contribution in [0.3, 0.4) is 0 Å². The van der Waals surface area contributed by atoms with Gasteiger partial charge < -0.3 is 9.72 Å². The quantitative estimate of drug-likeness (QED) is 0.451. The standard InChI is InChI=1S/C19H16Cl2N2O5/c1-4-28-19(27)15-8(2)16(22-9(15)3)14(24)7-23-17(25)10-5-12(20)13(21)6-11(10)18(23)26/h5-6,22H,4,7H2,1-3H3. The van der Waals surface area contributed by atoms with Gasteiger partial charge >= 0.3 is 5.97 Å². The summed E-state index contributed by atoms with van der Waals surface area (Å²) in [7, 11) is 0. The van der Waals surface area contributed by atoms with Crippen LogP contribution in [0.25, 0.3) is 0 Å². The van der Waals surface area contributed by atoms with E-state index >= 15 is 0 Å². The summed E-state index contributed by atoms with van der Waals surface area (Å²) in [6.07, 6.45) is 0. The van der Waals surface area contributed by atoms with Crippen LogP contribution in [0.2, 0.25) is 10.0 Å². The van der Waals surface area contributed by atoms with Crippen LogP contribution >= 0.6 is 23.2 Å². The van der Waals surface area contributed by atoms with Crippen molar-refractivity contribution >= 4 is 46.8 Å². The second-order valence-electron chi connectivity index (χ2n) is 6.28. The smallest absolute Gasteiger partial charge is 0.340 e. The van der Waals surface area contributed by atoms with Crippen LogP contribution < -0.4 is 0 Å². The largest absolute Gasteiger partial charge is 0.462 e. The minimum atomic E-state index is -0.626. The fourth-order valence-corrected chi connectivity index (χ4v) is 3.52. The van der Waals surface area contributed by atoms with Crippen molar-refractivity contribution in [3.05, 3.63) is 55.8 Å². The van der Waals surface area contributed by atoms with E-state index in [9.17, 15) is 19.2 Å². The SMILES string of the molecule is CCOC(=O)c1c(C)[nH]c(C(=O)CN2C(=O)c3cc(Cl)c(Cl)cc3C2=O)c1C. The molecule has 0 unspecified atom stereocenters. The molecular weight excluding hydrogens is 407 g/mol. The number of ketones is 1. The maximum absolute atomic E-state index is 12.8. The summed E-state index contributed by atoms with van der Waals surface area (Å²) in [4.78, 5) is 53.6. The highest BCUT2D eigenvalue weighted by Gasteiger charge is 2.38. The summed E-state index contributed by atoms with van der Waals surface area (Å²) in [5.74, 6) is -2.31. The van der Waals surface area contributed by atoms with Gasteiger partial charge in [0.25, 0.3) is 11.8 Å². The second-order valence-corrected chi connectivity index (χ2v) is 7.09. The third-order valence-corrected chi connectivity index (χ3v) is 5.23. The maximum atomic E-state index is 12.8. The Labute approximate surface area is 170 Å². The Balaban J connectivity index is 1.89. The van der Waals surface area contributed by atoms with Gasteiger partial charge in [-0.1, -0.05) is 23.2 Å². The van der Waals surface area contributed by atoms with Crippen LogP contribution in [0, 0.1) is 13.8 Å². The molecule has 7 nitrogen and oxygen atoms in total. The number of aromatic nitrogens is 1. The van der Waals surface area contributed by atoms with Crippen LogP contribution in [-0.4, -0.2) is 46.6 Å². The lowest BCUT2D eigenvalue weighted by Gasteiger charge is -2.12. The molecule has 1 aliphatic heterocycles. The number of amides is 2. The summed E-state index contributed by atoms with van der Waals surface area (Å²) in [5, 5.41) is 0.286. The summed E-state index contributed by atoms with van der Waals surface area (Å²) >= 11 is 11.8. The Bertz CT molecular complexity index is 1000. The zero-order valence-corrected chi connectivity index (χ0v) is 16.8. The van der Waals surface area contributed by atoms with E-state index in [2.05, 4.69) is 4.98 Å². The lowest BCUT2D eigenvalue weighted by Crippen LogP contribution is -2.35. The number of carbonyl (C=O) groups is 4. The number of carbonyl (C=O) groups excluding carboxylic acids is 4. The number of nitrogens with zero attached hydrogens (tertiary/aromatic N) is 1. The Morgan fingerprint density at radius 2 is 1.61 bits per heavy atom. The minimum absolute atomic E-state index is 0.0961. The Kier molecular flexibility index (Phi) is 5.32. The molecule has 0 saturated carbocycles. The molecule has 0 aliphatic carbocycles. The summed E-state index contributed by atoms with van der Waals surface area (Å²) in [6.45, 7) is 4.64. The number of imide groups is 1. The number of ether oxygens (including phenoxy) is 1. The minimum Gasteiger partial charge on any atom is -0.462 e. The number of rotatable bonds is 5. The normalized spacial score (nSPS) is 13.1. The van der Waals surface area contributed by atoms with Gasteiger partial charge in [-0.3, -0.25) is 19.3 Å². The first-order chi connectivity index (χ1) is 13.2. The molecule has 0 atom stereocenters. The third-order valence-electron chi connectivity index (χ3n) is 4.51. The topological polar surface area (TPSA) is 96.5 Å². The molecule has 2 amide bonds. The number of aryl methyl sites for hydroxylation is 1. The van der Waals surface area contributed by atoms with Crippen molar-refractivity contribution in [2.75, 3.05) is 13.2 Å². The van der Waals surface area contributed by atoms with Gasteiger partial charge in [-0.15, -0.1) is 0 Å². The molecule has 0 fully saturated rings. The summed E-state index contributed by atoms with van der Waals surface area (Å²) in [5.41, 5.74) is 1.49. The van der Waals surface area contributed by atoms with Gasteiger partial charge in [-0.2, -0.15) is 0 Å². The van der Waals surface area contributed by atoms with Crippen LogP contribution in [0.4, 0.5) is 0 Å². The molecule has 9 heteroatoms. The van der Waals surface area contributed by atoms with E-state index in [1.54, 1.807) is 20.8 Å². The van der Waals surface area contributed by atoms with E-state index in [0.29, 0.717) is 11.3 Å². The molecule has 0 saturated heterocycles. The van der Waals surface area contributed by atoms with Crippen molar-refractivity contribution < 1.29 is 23.9 Å². The monoisotopic (exact) mass is 422 g/mol. The molecule has 146 valence electrons. The lowest BCUT2D eigenvalue weighted by molar-refractivity contribution is 0.0523. The van der Waals surface area contributed by atoms with Crippen molar-refractivity contribution in [3.8, 4) is 0 Å². The number of fused-ring (bicyclic) bond motifs is 1. The van der Waals surface area contributed by atoms with Crippen LogP contribution in [-0.2, 0) is 4.74 Å². The van der Waals surface area contributed by atoms with E-state index in [4.69, 9.17) is 27.9 Å². The molecule has 1 N–H and O–H groups in total. The Hall–Kier alpha value is -2.64. The number of benzene rings is 1. The highest BCUT2D eigenvalue weighted by molar-refractivity contribution is 6.43. The van der Waals surface area contributed by atoms with Crippen LogP contribution in [0.5, 0.6) is 0 Å². The predicted octanol–water partition coefficient (Wildman–Crippen LogP) is 3.59. The molecular formula is C19H16Cl2N2O5. The fourth-order valence-electron chi connectivity index (χ4n) is 3.19. The van der Waals surface area contributed by atoms with Crippen molar-refractivity contribution in [3.63, 3.8) is 0 Å². The fraction of sp³-hybridized carbons (Fsp3) is 0.263. The summed E-state index contributed by atoms with van der Waals surface area (Å²) < 4.78 is 5.00. The van der Waals surface area contributed by atoms with Gasteiger partial charge in [0, 0.05) is 5.69 Å². The van der Waals surface area contributed by atoms with Crippen molar-refractivity contribution in [1.82, 2.24) is 9.88 Å². The number of H-pyrrole nitrogens is 1. The van der Waals surface area contributed by atoms with Crippen LogP contribution in [0.15, 0.2) is 12.1 Å². The molecule has 28 heavy (non-hydrogen) atoms. The molecule has 0 spiro atoms. The van der Waals surface area contributed by atoms with Crippen molar-refractivity contribution in [1.29, 1.82) is 0 Å². The Morgan fingerprint density at radius 3 is 2.11 bits per heavy atom. The number of esters is 1. The lowest BCUT2D eigenvalue weighted by atomic mass is 10.1. The highest BCUT2D eigenvalue weighted by Crippen LogP contribution is 2.31. The zero-order chi connectivity index (χ0) is 20.7. The number of halogens is 2. The highest BCUT2D eigenvalue weighted by atomic mass is 35.5. The average Bonchev–Trinajstić information content (AvgIpc) is 3.05. The van der Waals surface area contributed by atoms with Crippen molar-refractivity contribution in [2.24, 2.45) is 0 Å². The molecule has 0 bridgehead atoms. The summed E-state index contributed by atoms with van der Waals surface area (Å²) in [6, 6.07) is 2.62. The van der Waals surface area contributed by atoms with E-state index in [-0.39, 0.29) is 39.0 Å². The molecule has 1 aromatic carbocycles. The second kappa shape index (κ2) is 7.41. The van der Waals surface area contributed by atoms with Gasteiger partial charge in [-0.05, 0) is 38.5 Å². The van der Waals surface area contributed by atoms with E-state index in [0.717, 1.165) is 4.90 Å². The molecule has 3 rings (SSSR count). The first-order valence-corrected chi connectivity index (χ1v) is 9.17. The zero-order valence-electron chi connectivity index (χ0n) is 15.3. The molecule has 0 radical (unpaired) electrons. The number of hydrogen-bond acceptors (Lipinski definition) is 5. The van der Waals surface area contributed by atoms with Gasteiger partial charge in [0.1, 0.15) is 0 Å². The Morgan fingerprint density at radius 1 is 1.07 bits per heavy atom. The number of Topliss-reactive ketones (excluding diaryl/α,β-unsaturated/α-hetero) is 1.